The molecule has 0 bridgehead atoms. The molecule has 0 saturated carbocycles. The second-order valence-electron chi connectivity index (χ2n) is 4.57. The Labute approximate surface area is 136 Å². The van der Waals surface area contributed by atoms with E-state index in [1.165, 1.54) is 18.4 Å². The van der Waals surface area contributed by atoms with Crippen molar-refractivity contribution in [2.24, 2.45) is 0 Å². The second-order valence-corrected chi connectivity index (χ2v) is 5.49. The highest BCUT2D eigenvalue weighted by molar-refractivity contribution is 9.10. The molecule has 2 amide bonds. The Morgan fingerprint density at radius 1 is 1.32 bits per heavy atom. The lowest BCUT2D eigenvalue weighted by Crippen LogP contribution is -2.31. The summed E-state index contributed by atoms with van der Waals surface area (Å²) in [7, 11) is 0. The zero-order valence-electron chi connectivity index (χ0n) is 11.9. The molecule has 2 rings (SSSR count). The number of hydrogen-bond donors (Lipinski definition) is 2. The number of benzene rings is 1. The average Bonchev–Trinajstić information content (AvgIpc) is 2.99. The molecule has 0 aliphatic carbocycles. The van der Waals surface area contributed by atoms with Crippen molar-refractivity contribution >= 4 is 39.5 Å². The Morgan fingerprint density at radius 2 is 2.14 bits per heavy atom. The van der Waals surface area contributed by atoms with E-state index in [4.69, 9.17) is 4.42 Å². The van der Waals surface area contributed by atoms with Gasteiger partial charge < -0.3 is 15.1 Å². The molecule has 0 saturated heterocycles. The third-order valence-corrected chi connectivity index (χ3v) is 3.32. The van der Waals surface area contributed by atoms with Crippen molar-refractivity contribution in [2.75, 3.05) is 11.9 Å². The second kappa shape index (κ2) is 7.61. The average molecular weight is 363 g/mol. The highest BCUT2D eigenvalue weighted by Gasteiger charge is 2.06. The molecule has 0 unspecified atom stereocenters. The molecule has 1 aromatic carbocycles. The fourth-order valence-corrected chi connectivity index (χ4v) is 2.21. The predicted molar refractivity (Wildman–Crippen MR) is 88.3 cm³/mol. The van der Waals surface area contributed by atoms with Gasteiger partial charge >= 0.3 is 0 Å². The first-order chi connectivity index (χ1) is 10.5. The summed E-state index contributed by atoms with van der Waals surface area (Å²) in [6, 6.07) is 9.00. The quantitative estimate of drug-likeness (QED) is 0.802. The van der Waals surface area contributed by atoms with Crippen LogP contribution in [0.3, 0.4) is 0 Å². The summed E-state index contributed by atoms with van der Waals surface area (Å²) in [5.41, 5.74) is 1.65. The SMILES string of the molecule is Cc1cc(Br)ccc1NC(=O)CNC(=O)C=Cc1ccco1. The van der Waals surface area contributed by atoms with Crippen molar-refractivity contribution in [2.45, 2.75) is 6.92 Å². The summed E-state index contributed by atoms with van der Waals surface area (Å²) in [6.45, 7) is 1.79. The van der Waals surface area contributed by atoms with Gasteiger partial charge in [0.2, 0.25) is 11.8 Å². The maximum absolute atomic E-state index is 11.8. The third-order valence-electron chi connectivity index (χ3n) is 2.83. The summed E-state index contributed by atoms with van der Waals surface area (Å²) in [4.78, 5) is 23.4. The van der Waals surface area contributed by atoms with E-state index in [9.17, 15) is 9.59 Å². The van der Waals surface area contributed by atoms with E-state index in [-0.39, 0.29) is 18.4 Å². The Bertz CT molecular complexity index is 693. The monoisotopic (exact) mass is 362 g/mol. The van der Waals surface area contributed by atoms with Crippen LogP contribution in [-0.4, -0.2) is 18.4 Å². The van der Waals surface area contributed by atoms with E-state index in [0.717, 1.165) is 10.0 Å². The van der Waals surface area contributed by atoms with Crippen molar-refractivity contribution in [1.82, 2.24) is 5.32 Å². The Hall–Kier alpha value is -2.34. The largest absolute Gasteiger partial charge is 0.465 e. The first-order valence-electron chi connectivity index (χ1n) is 6.60. The standard InChI is InChI=1S/C16H15BrN2O3/c1-11-9-12(17)4-6-14(11)19-16(21)10-18-15(20)7-5-13-3-2-8-22-13/h2-9H,10H2,1H3,(H,18,20)(H,19,21). The highest BCUT2D eigenvalue weighted by atomic mass is 79.9. The van der Waals surface area contributed by atoms with Crippen LogP contribution >= 0.6 is 15.9 Å². The number of carbonyl (C=O) groups is 2. The topological polar surface area (TPSA) is 71.3 Å². The number of rotatable bonds is 5. The van der Waals surface area contributed by atoms with Gasteiger partial charge in [-0.15, -0.1) is 0 Å². The fraction of sp³-hybridized carbons (Fsp3) is 0.125. The fourth-order valence-electron chi connectivity index (χ4n) is 1.73. The van der Waals surface area contributed by atoms with Crippen LogP contribution in [0.2, 0.25) is 0 Å². The molecule has 6 heteroatoms. The summed E-state index contributed by atoms with van der Waals surface area (Å²) >= 11 is 3.36. The summed E-state index contributed by atoms with van der Waals surface area (Å²) < 4.78 is 6.01. The van der Waals surface area contributed by atoms with Gasteiger partial charge in [0.1, 0.15) is 5.76 Å². The first kappa shape index (κ1) is 16.0. The number of nitrogens with one attached hydrogen (secondary N) is 2. The van der Waals surface area contributed by atoms with E-state index in [0.29, 0.717) is 11.4 Å². The van der Waals surface area contributed by atoms with Crippen molar-refractivity contribution in [3.63, 3.8) is 0 Å². The van der Waals surface area contributed by atoms with Gasteiger partial charge in [0, 0.05) is 16.2 Å². The van der Waals surface area contributed by atoms with Crippen LogP contribution < -0.4 is 10.6 Å². The number of anilines is 1. The van der Waals surface area contributed by atoms with Crippen molar-refractivity contribution < 1.29 is 14.0 Å². The van der Waals surface area contributed by atoms with E-state index >= 15 is 0 Å². The van der Waals surface area contributed by atoms with E-state index in [1.54, 1.807) is 18.2 Å². The molecule has 1 heterocycles. The lowest BCUT2D eigenvalue weighted by molar-refractivity contribution is -0.121. The molecule has 114 valence electrons. The predicted octanol–water partition coefficient (Wildman–Crippen LogP) is 3.12. The number of aryl methyl sites for hydroxylation is 1. The Morgan fingerprint density at radius 3 is 2.82 bits per heavy atom. The molecule has 0 radical (unpaired) electrons. The van der Waals surface area contributed by atoms with Gasteiger partial charge in [0.25, 0.3) is 0 Å². The number of halogens is 1. The third kappa shape index (κ3) is 4.89. The van der Waals surface area contributed by atoms with Crippen molar-refractivity contribution in [3.05, 3.63) is 58.5 Å². The van der Waals surface area contributed by atoms with Gasteiger partial charge in [-0.2, -0.15) is 0 Å². The van der Waals surface area contributed by atoms with E-state index < -0.39 is 0 Å². The normalized spacial score (nSPS) is 10.6. The number of carbonyl (C=O) groups excluding carboxylic acids is 2. The van der Waals surface area contributed by atoms with Gasteiger partial charge in [-0.3, -0.25) is 9.59 Å². The minimum absolute atomic E-state index is 0.100. The van der Waals surface area contributed by atoms with Crippen LogP contribution in [0, 0.1) is 6.92 Å². The molecule has 0 spiro atoms. The van der Waals surface area contributed by atoms with Crippen LogP contribution in [0.4, 0.5) is 5.69 Å². The molecule has 1 aromatic heterocycles. The van der Waals surface area contributed by atoms with Crippen LogP contribution in [0.15, 0.2) is 51.6 Å². The number of amides is 2. The van der Waals surface area contributed by atoms with Crippen LogP contribution in [-0.2, 0) is 9.59 Å². The summed E-state index contributed by atoms with van der Waals surface area (Å²) in [6.07, 6.45) is 4.37. The van der Waals surface area contributed by atoms with Gasteiger partial charge in [0.15, 0.2) is 0 Å². The molecular weight excluding hydrogens is 348 g/mol. The Kier molecular flexibility index (Phi) is 5.55. The number of furan rings is 1. The van der Waals surface area contributed by atoms with E-state index in [2.05, 4.69) is 26.6 Å². The van der Waals surface area contributed by atoms with Crippen molar-refractivity contribution in [1.29, 1.82) is 0 Å². The van der Waals surface area contributed by atoms with Gasteiger partial charge in [-0.05, 0) is 48.9 Å². The van der Waals surface area contributed by atoms with E-state index in [1.807, 2.05) is 19.1 Å². The molecular formula is C16H15BrN2O3. The molecule has 5 nitrogen and oxygen atoms in total. The van der Waals surface area contributed by atoms with Crippen LogP contribution in [0.5, 0.6) is 0 Å². The smallest absolute Gasteiger partial charge is 0.244 e. The number of hydrogen-bond acceptors (Lipinski definition) is 3. The van der Waals surface area contributed by atoms with Crippen molar-refractivity contribution in [3.8, 4) is 0 Å². The maximum atomic E-state index is 11.8. The zero-order chi connectivity index (χ0) is 15.9. The van der Waals surface area contributed by atoms with Crippen LogP contribution in [0.25, 0.3) is 6.08 Å². The molecule has 22 heavy (non-hydrogen) atoms. The molecule has 0 aliphatic rings. The minimum Gasteiger partial charge on any atom is -0.465 e. The lowest BCUT2D eigenvalue weighted by atomic mass is 10.2. The molecule has 2 N–H and O–H groups in total. The molecule has 0 aliphatic heterocycles. The zero-order valence-corrected chi connectivity index (χ0v) is 13.5. The minimum atomic E-state index is -0.362. The first-order valence-corrected chi connectivity index (χ1v) is 7.39. The van der Waals surface area contributed by atoms with Gasteiger partial charge in [-0.1, -0.05) is 15.9 Å². The summed E-state index contributed by atoms with van der Waals surface area (Å²) in [5.74, 6) is -0.0747. The van der Waals surface area contributed by atoms with Gasteiger partial charge in [0.05, 0.1) is 12.8 Å². The molecule has 2 aromatic rings. The molecule has 0 atom stereocenters. The van der Waals surface area contributed by atoms with Gasteiger partial charge in [-0.25, -0.2) is 0 Å². The Balaban J connectivity index is 1.81. The molecule has 0 fully saturated rings. The summed E-state index contributed by atoms with van der Waals surface area (Å²) in [5, 5.41) is 5.25. The highest BCUT2D eigenvalue weighted by Crippen LogP contribution is 2.19. The van der Waals surface area contributed by atoms with Crippen LogP contribution in [0.1, 0.15) is 11.3 Å². The lowest BCUT2D eigenvalue weighted by Gasteiger charge is -2.08. The maximum Gasteiger partial charge on any atom is 0.244 e.